The Morgan fingerprint density at radius 3 is 2.55 bits per heavy atom. The lowest BCUT2D eigenvalue weighted by Gasteiger charge is -2.32. The van der Waals surface area contributed by atoms with Gasteiger partial charge in [0, 0.05) is 31.4 Å². The van der Waals surface area contributed by atoms with Gasteiger partial charge in [-0.1, -0.05) is 13.3 Å². The normalized spacial score (nSPS) is 17.5. The largest absolute Gasteiger partial charge is 0.355 e. The van der Waals surface area contributed by atoms with Gasteiger partial charge in [-0.3, -0.25) is 4.98 Å². The standard InChI is InChI=1S/C16H28N4/c1-5-13-6-8-20(9-7-13)15-12-17-10-14(19-15)11-18-16(2,3)4/h10,12-13,18H,5-9,11H2,1-4H3. The lowest BCUT2D eigenvalue weighted by molar-refractivity contribution is 0.392. The molecule has 1 N–H and O–H groups in total. The van der Waals surface area contributed by atoms with Gasteiger partial charge in [0.15, 0.2) is 0 Å². The molecular formula is C16H28N4. The molecule has 1 saturated heterocycles. The Labute approximate surface area is 123 Å². The zero-order valence-electron chi connectivity index (χ0n) is 13.3. The van der Waals surface area contributed by atoms with E-state index < -0.39 is 0 Å². The second-order valence-electron chi connectivity index (χ2n) is 6.81. The van der Waals surface area contributed by atoms with Gasteiger partial charge >= 0.3 is 0 Å². The summed E-state index contributed by atoms with van der Waals surface area (Å²) < 4.78 is 0. The number of nitrogens with zero attached hydrogens (tertiary/aromatic N) is 3. The predicted octanol–water partition coefficient (Wildman–Crippen LogP) is 2.99. The maximum Gasteiger partial charge on any atom is 0.147 e. The van der Waals surface area contributed by atoms with Crippen molar-refractivity contribution >= 4 is 5.82 Å². The van der Waals surface area contributed by atoms with E-state index in [2.05, 4.69) is 42.9 Å². The fourth-order valence-electron chi connectivity index (χ4n) is 2.56. The number of hydrogen-bond acceptors (Lipinski definition) is 4. The summed E-state index contributed by atoms with van der Waals surface area (Å²) in [7, 11) is 0. The molecule has 1 fully saturated rings. The lowest BCUT2D eigenvalue weighted by atomic mass is 9.94. The summed E-state index contributed by atoms with van der Waals surface area (Å²) in [6, 6.07) is 0. The number of piperidine rings is 1. The van der Waals surface area contributed by atoms with E-state index in [1.54, 1.807) is 0 Å². The van der Waals surface area contributed by atoms with Gasteiger partial charge in [-0.2, -0.15) is 0 Å². The van der Waals surface area contributed by atoms with Gasteiger partial charge in [0.25, 0.3) is 0 Å². The zero-order chi connectivity index (χ0) is 14.6. The van der Waals surface area contributed by atoms with Gasteiger partial charge in [-0.25, -0.2) is 4.98 Å². The molecule has 20 heavy (non-hydrogen) atoms. The highest BCUT2D eigenvalue weighted by Crippen LogP contribution is 2.23. The van der Waals surface area contributed by atoms with Gasteiger partial charge in [0.05, 0.1) is 11.9 Å². The molecule has 1 aliphatic rings. The summed E-state index contributed by atoms with van der Waals surface area (Å²) in [4.78, 5) is 11.5. The Bertz CT molecular complexity index is 417. The number of nitrogens with one attached hydrogen (secondary N) is 1. The van der Waals surface area contributed by atoms with Gasteiger partial charge in [0.1, 0.15) is 5.82 Å². The van der Waals surface area contributed by atoms with E-state index in [1.165, 1.54) is 19.3 Å². The monoisotopic (exact) mass is 276 g/mol. The quantitative estimate of drug-likeness (QED) is 0.918. The van der Waals surface area contributed by atoms with Crippen molar-refractivity contribution in [1.82, 2.24) is 15.3 Å². The van der Waals surface area contributed by atoms with Crippen LogP contribution in [0.3, 0.4) is 0 Å². The van der Waals surface area contributed by atoms with Crippen LogP contribution in [0.25, 0.3) is 0 Å². The van der Waals surface area contributed by atoms with Crippen molar-refractivity contribution in [2.24, 2.45) is 5.92 Å². The summed E-state index contributed by atoms with van der Waals surface area (Å²) >= 11 is 0. The van der Waals surface area contributed by atoms with E-state index in [1.807, 2.05) is 12.4 Å². The van der Waals surface area contributed by atoms with Crippen molar-refractivity contribution in [3.8, 4) is 0 Å². The lowest BCUT2D eigenvalue weighted by Crippen LogP contribution is -2.36. The topological polar surface area (TPSA) is 41.1 Å². The molecule has 0 aromatic carbocycles. The minimum Gasteiger partial charge on any atom is -0.355 e. The molecule has 4 heteroatoms. The molecule has 0 radical (unpaired) electrons. The van der Waals surface area contributed by atoms with Gasteiger partial charge in [-0.05, 0) is 39.5 Å². The molecule has 0 saturated carbocycles. The summed E-state index contributed by atoms with van der Waals surface area (Å²) in [5, 5.41) is 3.46. The van der Waals surface area contributed by atoms with Crippen LogP contribution in [0, 0.1) is 5.92 Å². The molecule has 0 bridgehead atoms. The van der Waals surface area contributed by atoms with Crippen molar-refractivity contribution in [2.75, 3.05) is 18.0 Å². The molecule has 2 rings (SSSR count). The SMILES string of the molecule is CCC1CCN(c2cncc(CNC(C)(C)C)n2)CC1. The first-order valence-electron chi connectivity index (χ1n) is 7.79. The first-order chi connectivity index (χ1) is 9.48. The average molecular weight is 276 g/mol. The van der Waals surface area contributed by atoms with Crippen LogP contribution in [0.4, 0.5) is 5.82 Å². The Hall–Kier alpha value is -1.16. The van der Waals surface area contributed by atoms with Crippen molar-refractivity contribution in [3.63, 3.8) is 0 Å². The van der Waals surface area contributed by atoms with Gasteiger partial charge < -0.3 is 10.2 Å². The molecule has 0 aliphatic carbocycles. The molecule has 0 unspecified atom stereocenters. The predicted molar refractivity (Wildman–Crippen MR) is 83.9 cm³/mol. The molecule has 0 atom stereocenters. The van der Waals surface area contributed by atoms with Crippen LogP contribution < -0.4 is 10.2 Å². The fraction of sp³-hybridized carbons (Fsp3) is 0.750. The maximum absolute atomic E-state index is 4.75. The van der Waals surface area contributed by atoms with Crippen LogP contribution in [-0.4, -0.2) is 28.6 Å². The van der Waals surface area contributed by atoms with Crippen LogP contribution in [0.1, 0.15) is 52.7 Å². The zero-order valence-corrected chi connectivity index (χ0v) is 13.3. The summed E-state index contributed by atoms with van der Waals surface area (Å²) in [5.74, 6) is 1.93. The highest BCUT2D eigenvalue weighted by Gasteiger charge is 2.19. The van der Waals surface area contributed by atoms with E-state index in [-0.39, 0.29) is 5.54 Å². The first-order valence-corrected chi connectivity index (χ1v) is 7.79. The number of hydrogen-bond donors (Lipinski definition) is 1. The number of rotatable bonds is 4. The van der Waals surface area contributed by atoms with Crippen LogP contribution in [0.2, 0.25) is 0 Å². The molecule has 4 nitrogen and oxygen atoms in total. The van der Waals surface area contributed by atoms with Crippen molar-refractivity contribution in [3.05, 3.63) is 18.1 Å². The van der Waals surface area contributed by atoms with Crippen molar-refractivity contribution in [1.29, 1.82) is 0 Å². The van der Waals surface area contributed by atoms with E-state index >= 15 is 0 Å². The van der Waals surface area contributed by atoms with Crippen molar-refractivity contribution < 1.29 is 0 Å². The first kappa shape index (κ1) is 15.2. The van der Waals surface area contributed by atoms with Gasteiger partial charge in [-0.15, -0.1) is 0 Å². The Morgan fingerprint density at radius 2 is 1.95 bits per heavy atom. The molecular weight excluding hydrogens is 248 g/mol. The molecule has 1 aromatic rings. The fourth-order valence-corrected chi connectivity index (χ4v) is 2.56. The minimum atomic E-state index is 0.108. The van der Waals surface area contributed by atoms with E-state index in [4.69, 9.17) is 4.98 Å². The third-order valence-corrected chi connectivity index (χ3v) is 3.99. The molecule has 1 aliphatic heterocycles. The van der Waals surface area contributed by atoms with Crippen LogP contribution in [0.5, 0.6) is 0 Å². The van der Waals surface area contributed by atoms with Crippen LogP contribution >= 0.6 is 0 Å². The number of aromatic nitrogens is 2. The van der Waals surface area contributed by atoms with Crippen LogP contribution in [-0.2, 0) is 6.54 Å². The van der Waals surface area contributed by atoms with Gasteiger partial charge in [0.2, 0.25) is 0 Å². The molecule has 2 heterocycles. The van der Waals surface area contributed by atoms with E-state index in [0.29, 0.717) is 0 Å². The minimum absolute atomic E-state index is 0.108. The number of anilines is 1. The Morgan fingerprint density at radius 1 is 1.25 bits per heavy atom. The second-order valence-corrected chi connectivity index (χ2v) is 6.81. The average Bonchev–Trinajstić information content (AvgIpc) is 2.45. The molecule has 112 valence electrons. The smallest absolute Gasteiger partial charge is 0.147 e. The highest BCUT2D eigenvalue weighted by molar-refractivity contribution is 5.36. The third-order valence-electron chi connectivity index (χ3n) is 3.99. The molecule has 0 spiro atoms. The third kappa shape index (κ3) is 4.44. The molecule has 0 amide bonds. The van der Waals surface area contributed by atoms with Crippen LogP contribution in [0.15, 0.2) is 12.4 Å². The summed E-state index contributed by atoms with van der Waals surface area (Å²) in [5.41, 5.74) is 1.13. The molecule has 1 aromatic heterocycles. The van der Waals surface area contributed by atoms with E-state index in [0.717, 1.165) is 37.1 Å². The summed E-state index contributed by atoms with van der Waals surface area (Å²) in [6.45, 7) is 11.8. The Kier molecular flexibility index (Phi) is 4.97. The van der Waals surface area contributed by atoms with E-state index in [9.17, 15) is 0 Å². The highest BCUT2D eigenvalue weighted by atomic mass is 15.2. The van der Waals surface area contributed by atoms with Crippen molar-refractivity contribution in [2.45, 2.75) is 59.0 Å². The Balaban J connectivity index is 1.96. The maximum atomic E-state index is 4.75. The second kappa shape index (κ2) is 6.53. The summed E-state index contributed by atoms with van der Waals surface area (Å²) in [6.07, 6.45) is 7.62.